The molecule has 2 rings (SSSR count). The van der Waals surface area contributed by atoms with Crippen LogP contribution in [0.25, 0.3) is 11.0 Å². The van der Waals surface area contributed by atoms with Gasteiger partial charge in [0.25, 0.3) is 0 Å². The number of fused-ring (bicyclic) bond motifs is 1. The highest BCUT2D eigenvalue weighted by Gasteiger charge is 2.00. The van der Waals surface area contributed by atoms with E-state index in [-0.39, 0.29) is 24.0 Å². The minimum atomic E-state index is 0. The van der Waals surface area contributed by atoms with Crippen molar-refractivity contribution in [1.82, 2.24) is 14.9 Å². The molecule has 0 amide bonds. The maximum Gasteiger partial charge on any atom is 0.188 e. The Labute approximate surface area is 154 Å². The average Bonchev–Trinajstić information content (AvgIpc) is 2.95. The molecule has 1 heterocycles. The van der Waals surface area contributed by atoms with Gasteiger partial charge < -0.3 is 20.4 Å². The summed E-state index contributed by atoms with van der Waals surface area (Å²) >= 11 is 0. The van der Waals surface area contributed by atoms with E-state index in [1.54, 1.807) is 0 Å². The molecule has 0 saturated carbocycles. The number of halogens is 1. The molecule has 2 aromatic rings. The number of benzene rings is 1. The van der Waals surface area contributed by atoms with Crippen molar-refractivity contribution in [1.29, 1.82) is 0 Å². The molecule has 1 aromatic carbocycles. The van der Waals surface area contributed by atoms with Crippen molar-refractivity contribution < 1.29 is 4.74 Å². The number of aliphatic imine (C=N–C) groups is 1. The topological polar surface area (TPSA) is 77.5 Å². The molecule has 0 atom stereocenters. The highest BCUT2D eigenvalue weighted by Crippen LogP contribution is 2.11. The van der Waals surface area contributed by atoms with E-state index in [1.165, 1.54) is 0 Å². The van der Waals surface area contributed by atoms with Crippen LogP contribution < -0.4 is 11.1 Å². The Morgan fingerprint density at radius 3 is 3.00 bits per heavy atom. The van der Waals surface area contributed by atoms with E-state index in [4.69, 9.17) is 10.5 Å². The fraction of sp³-hybridized carbons (Fsp3) is 0.500. The molecule has 1 aromatic heterocycles. The molecule has 0 aliphatic rings. The molecule has 0 saturated heterocycles. The number of nitrogens with zero attached hydrogens (tertiary/aromatic N) is 3. The monoisotopic (exact) mass is 431 g/mol. The molecule has 0 unspecified atom stereocenters. The number of aromatic nitrogens is 2. The molecule has 0 aliphatic carbocycles. The number of para-hydroxylation sites is 2. The lowest BCUT2D eigenvalue weighted by atomic mass is 10.3. The standard InChI is InChI=1S/C16H25N5O.HI/c1-2-22-12-6-10-19-16(17)18-9-5-11-21-13-20-14-7-3-4-8-15(14)21;/h3-4,7-8,13H,2,5-6,9-12H2,1H3,(H3,17,18,19);1H. The van der Waals surface area contributed by atoms with Gasteiger partial charge in [-0.05, 0) is 31.9 Å². The number of ether oxygens (including phenoxy) is 1. The highest BCUT2D eigenvalue weighted by molar-refractivity contribution is 14.0. The van der Waals surface area contributed by atoms with Crippen molar-refractivity contribution in [2.24, 2.45) is 10.7 Å². The van der Waals surface area contributed by atoms with Crippen molar-refractivity contribution >= 4 is 41.0 Å². The van der Waals surface area contributed by atoms with Gasteiger partial charge in [0.05, 0.1) is 17.4 Å². The number of rotatable bonds is 9. The van der Waals surface area contributed by atoms with E-state index in [1.807, 2.05) is 31.5 Å². The molecule has 0 radical (unpaired) electrons. The van der Waals surface area contributed by atoms with E-state index in [0.717, 1.165) is 50.2 Å². The van der Waals surface area contributed by atoms with E-state index >= 15 is 0 Å². The number of guanidine groups is 1. The number of hydrogen-bond acceptors (Lipinski definition) is 3. The van der Waals surface area contributed by atoms with Crippen LogP contribution in [0.2, 0.25) is 0 Å². The third kappa shape index (κ3) is 6.74. The Balaban J connectivity index is 0.00000264. The summed E-state index contributed by atoms with van der Waals surface area (Å²) in [6.07, 6.45) is 3.75. The first-order chi connectivity index (χ1) is 10.8. The molecule has 0 fully saturated rings. The van der Waals surface area contributed by atoms with Crippen LogP contribution in [-0.2, 0) is 11.3 Å². The van der Waals surface area contributed by atoms with Gasteiger partial charge in [-0.1, -0.05) is 12.1 Å². The Morgan fingerprint density at radius 2 is 2.17 bits per heavy atom. The van der Waals surface area contributed by atoms with Crippen LogP contribution in [0.5, 0.6) is 0 Å². The maximum absolute atomic E-state index is 5.82. The molecule has 7 heteroatoms. The van der Waals surface area contributed by atoms with Crippen LogP contribution >= 0.6 is 24.0 Å². The van der Waals surface area contributed by atoms with Crippen molar-refractivity contribution in [3.63, 3.8) is 0 Å². The molecule has 128 valence electrons. The fourth-order valence-corrected chi connectivity index (χ4v) is 2.22. The summed E-state index contributed by atoms with van der Waals surface area (Å²) in [5, 5.41) is 3.09. The van der Waals surface area contributed by atoms with Gasteiger partial charge in [0.1, 0.15) is 0 Å². The number of aryl methyl sites for hydroxylation is 1. The Hall–Kier alpha value is -1.35. The van der Waals surface area contributed by atoms with Gasteiger partial charge >= 0.3 is 0 Å². The minimum absolute atomic E-state index is 0. The summed E-state index contributed by atoms with van der Waals surface area (Å²) in [5.74, 6) is 0.506. The number of nitrogens with one attached hydrogen (secondary N) is 1. The van der Waals surface area contributed by atoms with Gasteiger partial charge in [0.2, 0.25) is 0 Å². The lowest BCUT2D eigenvalue weighted by Crippen LogP contribution is -2.33. The number of hydrogen-bond donors (Lipinski definition) is 2. The molecule has 3 N–H and O–H groups in total. The normalized spacial score (nSPS) is 11.4. The van der Waals surface area contributed by atoms with Gasteiger partial charge in [-0.15, -0.1) is 24.0 Å². The van der Waals surface area contributed by atoms with Crippen LogP contribution in [0.4, 0.5) is 0 Å². The lowest BCUT2D eigenvalue weighted by Gasteiger charge is -2.06. The van der Waals surface area contributed by atoms with Crippen molar-refractivity contribution in [2.75, 3.05) is 26.3 Å². The van der Waals surface area contributed by atoms with Crippen LogP contribution in [0.1, 0.15) is 19.8 Å². The zero-order chi connectivity index (χ0) is 15.6. The second kappa shape index (κ2) is 11.2. The first-order valence-electron chi connectivity index (χ1n) is 7.82. The summed E-state index contributed by atoms with van der Waals surface area (Å²) in [4.78, 5) is 8.71. The maximum atomic E-state index is 5.82. The smallest absolute Gasteiger partial charge is 0.188 e. The zero-order valence-electron chi connectivity index (χ0n) is 13.6. The van der Waals surface area contributed by atoms with E-state index < -0.39 is 0 Å². The molecule has 0 bridgehead atoms. The van der Waals surface area contributed by atoms with Gasteiger partial charge in [-0.3, -0.25) is 4.99 Å². The molecular weight excluding hydrogens is 405 g/mol. The summed E-state index contributed by atoms with van der Waals surface area (Å²) in [7, 11) is 0. The highest BCUT2D eigenvalue weighted by atomic mass is 127. The fourth-order valence-electron chi connectivity index (χ4n) is 2.22. The SMILES string of the molecule is CCOCCCNC(N)=NCCCn1cnc2ccccc21.I. The Bertz CT molecular complexity index is 599. The van der Waals surface area contributed by atoms with Crippen molar-refractivity contribution in [3.8, 4) is 0 Å². The summed E-state index contributed by atoms with van der Waals surface area (Å²) in [5.41, 5.74) is 8.01. The lowest BCUT2D eigenvalue weighted by molar-refractivity contribution is 0.145. The quantitative estimate of drug-likeness (QED) is 0.277. The number of imidazole rings is 1. The third-order valence-electron chi connectivity index (χ3n) is 3.34. The number of nitrogens with two attached hydrogens (primary N) is 1. The van der Waals surface area contributed by atoms with Gasteiger partial charge in [-0.2, -0.15) is 0 Å². The Morgan fingerprint density at radius 1 is 1.35 bits per heavy atom. The van der Waals surface area contributed by atoms with Crippen molar-refractivity contribution in [3.05, 3.63) is 30.6 Å². The van der Waals surface area contributed by atoms with Gasteiger partial charge in [-0.25, -0.2) is 4.98 Å². The van der Waals surface area contributed by atoms with Crippen LogP contribution in [0, 0.1) is 0 Å². The third-order valence-corrected chi connectivity index (χ3v) is 3.34. The summed E-state index contributed by atoms with van der Waals surface area (Å²) in [6, 6.07) is 8.14. The van der Waals surface area contributed by atoms with Gasteiger partial charge in [0.15, 0.2) is 5.96 Å². The molecule has 6 nitrogen and oxygen atoms in total. The van der Waals surface area contributed by atoms with Crippen LogP contribution in [-0.4, -0.2) is 41.8 Å². The van der Waals surface area contributed by atoms with E-state index in [2.05, 4.69) is 25.9 Å². The minimum Gasteiger partial charge on any atom is -0.382 e. The van der Waals surface area contributed by atoms with E-state index in [0.29, 0.717) is 12.5 Å². The second-order valence-electron chi connectivity index (χ2n) is 5.02. The Kier molecular flexibility index (Phi) is 9.61. The van der Waals surface area contributed by atoms with E-state index in [9.17, 15) is 0 Å². The zero-order valence-corrected chi connectivity index (χ0v) is 15.9. The molecular formula is C16H26IN5O. The van der Waals surface area contributed by atoms with Crippen LogP contribution in [0.3, 0.4) is 0 Å². The largest absolute Gasteiger partial charge is 0.382 e. The van der Waals surface area contributed by atoms with Crippen molar-refractivity contribution in [2.45, 2.75) is 26.3 Å². The summed E-state index contributed by atoms with van der Waals surface area (Å²) < 4.78 is 7.41. The molecule has 0 spiro atoms. The predicted molar refractivity (Wildman–Crippen MR) is 105 cm³/mol. The molecule has 23 heavy (non-hydrogen) atoms. The second-order valence-corrected chi connectivity index (χ2v) is 5.02. The van der Waals surface area contributed by atoms with Gasteiger partial charge in [0, 0.05) is 32.8 Å². The molecule has 0 aliphatic heterocycles. The first kappa shape index (κ1) is 19.7. The predicted octanol–water partition coefficient (Wildman–Crippen LogP) is 2.38. The average molecular weight is 431 g/mol. The van der Waals surface area contributed by atoms with Crippen LogP contribution in [0.15, 0.2) is 35.6 Å². The first-order valence-corrected chi connectivity index (χ1v) is 7.82. The summed E-state index contributed by atoms with van der Waals surface area (Å²) in [6.45, 7) is 5.89.